The Labute approximate surface area is 78.7 Å². The van der Waals surface area contributed by atoms with Gasteiger partial charge in [0.2, 0.25) is 15.9 Å². The minimum atomic E-state index is -3.47. The maximum atomic E-state index is 11.1. The Balaban J connectivity index is 4.20. The maximum Gasteiger partial charge on any atom is 0.250 e. The standard InChI is InChI=1S/C7H16N2O3S/c1-3-5-13(11,12)9-7(10)6(8)4-2/h6H,3-5,8H2,1-2H3,(H,9,10)/t6-/m1/s1. The second kappa shape index (κ2) is 5.18. The zero-order chi connectivity index (χ0) is 10.5. The third-order valence-corrected chi connectivity index (χ3v) is 2.96. The normalized spacial score (nSPS) is 13.8. The molecule has 0 radical (unpaired) electrons. The SMILES string of the molecule is CCCS(=O)(=O)NC(=O)[C@H](N)CC. The van der Waals surface area contributed by atoms with Gasteiger partial charge >= 0.3 is 0 Å². The van der Waals surface area contributed by atoms with Crippen molar-refractivity contribution in [2.45, 2.75) is 32.7 Å². The highest BCUT2D eigenvalue weighted by Gasteiger charge is 2.17. The van der Waals surface area contributed by atoms with Crippen LogP contribution in [0.15, 0.2) is 0 Å². The first-order valence-corrected chi connectivity index (χ1v) is 5.88. The molecule has 5 nitrogen and oxygen atoms in total. The van der Waals surface area contributed by atoms with E-state index >= 15 is 0 Å². The average Bonchev–Trinajstić information content (AvgIpc) is 2.01. The van der Waals surface area contributed by atoms with E-state index in [4.69, 9.17) is 5.73 Å². The lowest BCUT2D eigenvalue weighted by molar-refractivity contribution is -0.120. The van der Waals surface area contributed by atoms with Crippen molar-refractivity contribution >= 4 is 15.9 Å². The molecule has 0 aliphatic rings. The van der Waals surface area contributed by atoms with Crippen molar-refractivity contribution < 1.29 is 13.2 Å². The fourth-order valence-electron chi connectivity index (χ4n) is 0.734. The number of sulfonamides is 1. The van der Waals surface area contributed by atoms with Crippen molar-refractivity contribution in [1.29, 1.82) is 0 Å². The molecule has 0 aromatic carbocycles. The fourth-order valence-corrected chi connectivity index (χ4v) is 1.83. The molecule has 0 aliphatic heterocycles. The molecule has 78 valence electrons. The van der Waals surface area contributed by atoms with Crippen LogP contribution in [0.25, 0.3) is 0 Å². The number of hydrogen-bond donors (Lipinski definition) is 2. The quantitative estimate of drug-likeness (QED) is 0.642. The summed E-state index contributed by atoms with van der Waals surface area (Å²) in [6.07, 6.45) is 0.900. The summed E-state index contributed by atoms with van der Waals surface area (Å²) in [5.74, 6) is -0.675. The van der Waals surface area contributed by atoms with Crippen LogP contribution in [0.3, 0.4) is 0 Å². The van der Waals surface area contributed by atoms with Crippen LogP contribution in [0, 0.1) is 0 Å². The van der Waals surface area contributed by atoms with Crippen LogP contribution in [0.2, 0.25) is 0 Å². The van der Waals surface area contributed by atoms with Gasteiger partial charge in [-0.3, -0.25) is 9.52 Å². The number of nitrogens with one attached hydrogen (secondary N) is 1. The van der Waals surface area contributed by atoms with Crippen molar-refractivity contribution in [3.8, 4) is 0 Å². The van der Waals surface area contributed by atoms with Crippen LogP contribution in [0.5, 0.6) is 0 Å². The smallest absolute Gasteiger partial charge is 0.250 e. The van der Waals surface area contributed by atoms with E-state index in [9.17, 15) is 13.2 Å². The van der Waals surface area contributed by atoms with E-state index in [2.05, 4.69) is 0 Å². The summed E-state index contributed by atoms with van der Waals surface area (Å²) in [6.45, 7) is 3.44. The Morgan fingerprint density at radius 1 is 1.46 bits per heavy atom. The number of carbonyl (C=O) groups is 1. The molecule has 0 bridgehead atoms. The fraction of sp³-hybridized carbons (Fsp3) is 0.857. The molecule has 6 heteroatoms. The van der Waals surface area contributed by atoms with Gasteiger partial charge in [-0.1, -0.05) is 13.8 Å². The lowest BCUT2D eigenvalue weighted by Gasteiger charge is -2.09. The molecule has 0 saturated carbocycles. The van der Waals surface area contributed by atoms with Crippen LogP contribution in [-0.4, -0.2) is 26.1 Å². The summed E-state index contributed by atoms with van der Waals surface area (Å²) in [4.78, 5) is 11.0. The van der Waals surface area contributed by atoms with Crippen molar-refractivity contribution in [2.24, 2.45) is 5.73 Å². The van der Waals surface area contributed by atoms with Crippen LogP contribution in [-0.2, 0) is 14.8 Å². The second-order valence-electron chi connectivity index (χ2n) is 2.80. The van der Waals surface area contributed by atoms with E-state index in [1.54, 1.807) is 13.8 Å². The van der Waals surface area contributed by atoms with E-state index in [1.807, 2.05) is 4.72 Å². The van der Waals surface area contributed by atoms with E-state index < -0.39 is 22.0 Å². The largest absolute Gasteiger partial charge is 0.320 e. The topological polar surface area (TPSA) is 89.3 Å². The molecular formula is C7H16N2O3S. The summed E-state index contributed by atoms with van der Waals surface area (Å²) < 4.78 is 24.1. The van der Waals surface area contributed by atoms with E-state index in [0.29, 0.717) is 12.8 Å². The van der Waals surface area contributed by atoms with Gasteiger partial charge in [0, 0.05) is 0 Å². The minimum absolute atomic E-state index is 0.0465. The first-order chi connectivity index (χ1) is 5.93. The van der Waals surface area contributed by atoms with Crippen LogP contribution >= 0.6 is 0 Å². The lowest BCUT2D eigenvalue weighted by atomic mass is 10.2. The van der Waals surface area contributed by atoms with Crippen molar-refractivity contribution in [1.82, 2.24) is 4.72 Å². The summed E-state index contributed by atoms with van der Waals surface area (Å²) in [5, 5.41) is 0. The zero-order valence-electron chi connectivity index (χ0n) is 7.91. The molecule has 13 heavy (non-hydrogen) atoms. The molecular weight excluding hydrogens is 192 g/mol. The van der Waals surface area contributed by atoms with E-state index in [-0.39, 0.29) is 5.75 Å². The van der Waals surface area contributed by atoms with Crippen molar-refractivity contribution in [3.63, 3.8) is 0 Å². The van der Waals surface area contributed by atoms with Gasteiger partial charge in [0.05, 0.1) is 11.8 Å². The predicted molar refractivity (Wildman–Crippen MR) is 50.5 cm³/mol. The Hall–Kier alpha value is -0.620. The third-order valence-electron chi connectivity index (χ3n) is 1.51. The molecule has 0 saturated heterocycles. The summed E-state index contributed by atoms with van der Waals surface area (Å²) in [7, 11) is -3.47. The van der Waals surface area contributed by atoms with Crippen molar-refractivity contribution in [2.75, 3.05) is 5.75 Å². The molecule has 0 aromatic heterocycles. The van der Waals surface area contributed by atoms with Gasteiger partial charge in [0.1, 0.15) is 0 Å². The van der Waals surface area contributed by atoms with Gasteiger partial charge < -0.3 is 5.73 Å². The number of carbonyl (C=O) groups excluding carboxylic acids is 1. The van der Waals surface area contributed by atoms with Gasteiger partial charge in [0.15, 0.2) is 0 Å². The summed E-state index contributed by atoms with van der Waals surface area (Å²) in [6, 6.07) is -0.744. The highest BCUT2D eigenvalue weighted by molar-refractivity contribution is 7.90. The lowest BCUT2D eigenvalue weighted by Crippen LogP contribution is -2.43. The number of nitrogens with two attached hydrogens (primary N) is 1. The monoisotopic (exact) mass is 208 g/mol. The highest BCUT2D eigenvalue weighted by Crippen LogP contribution is 1.92. The maximum absolute atomic E-state index is 11.1. The Kier molecular flexibility index (Phi) is 4.94. The molecule has 0 unspecified atom stereocenters. The Bertz CT molecular complexity index is 261. The van der Waals surface area contributed by atoms with Gasteiger partial charge in [-0.25, -0.2) is 8.42 Å². The molecule has 0 fully saturated rings. The van der Waals surface area contributed by atoms with Gasteiger partial charge in [0.25, 0.3) is 0 Å². The molecule has 0 heterocycles. The second-order valence-corrected chi connectivity index (χ2v) is 4.64. The third kappa shape index (κ3) is 4.84. The number of rotatable bonds is 5. The first kappa shape index (κ1) is 12.4. The van der Waals surface area contributed by atoms with Crippen molar-refractivity contribution in [3.05, 3.63) is 0 Å². The molecule has 0 aromatic rings. The average molecular weight is 208 g/mol. The zero-order valence-corrected chi connectivity index (χ0v) is 8.73. The Morgan fingerprint density at radius 3 is 2.38 bits per heavy atom. The van der Waals surface area contributed by atoms with E-state index in [1.165, 1.54) is 0 Å². The molecule has 3 N–H and O–H groups in total. The van der Waals surface area contributed by atoms with Crippen LogP contribution < -0.4 is 10.5 Å². The van der Waals surface area contributed by atoms with Gasteiger partial charge in [-0.2, -0.15) is 0 Å². The Morgan fingerprint density at radius 2 is 2.00 bits per heavy atom. The highest BCUT2D eigenvalue weighted by atomic mass is 32.2. The van der Waals surface area contributed by atoms with Crippen LogP contribution in [0.4, 0.5) is 0 Å². The number of hydrogen-bond acceptors (Lipinski definition) is 4. The molecule has 0 spiro atoms. The van der Waals surface area contributed by atoms with Gasteiger partial charge in [-0.15, -0.1) is 0 Å². The summed E-state index contributed by atoms with van der Waals surface area (Å²) >= 11 is 0. The molecule has 0 rings (SSSR count). The van der Waals surface area contributed by atoms with Gasteiger partial charge in [-0.05, 0) is 12.8 Å². The first-order valence-electron chi connectivity index (χ1n) is 4.22. The summed E-state index contributed by atoms with van der Waals surface area (Å²) in [5.41, 5.74) is 5.34. The minimum Gasteiger partial charge on any atom is -0.320 e. The predicted octanol–water partition coefficient (Wildman–Crippen LogP) is -0.420. The molecule has 1 amide bonds. The van der Waals surface area contributed by atoms with Crippen LogP contribution in [0.1, 0.15) is 26.7 Å². The van der Waals surface area contributed by atoms with E-state index in [0.717, 1.165) is 0 Å². The number of amides is 1. The molecule has 1 atom stereocenters. The molecule has 0 aliphatic carbocycles.